The van der Waals surface area contributed by atoms with Gasteiger partial charge in [0, 0.05) is 23.8 Å². The number of nitrogens with zero attached hydrogens (tertiary/aromatic N) is 2. The van der Waals surface area contributed by atoms with Gasteiger partial charge >= 0.3 is 0 Å². The molecule has 3 unspecified atom stereocenters. The van der Waals surface area contributed by atoms with Gasteiger partial charge < -0.3 is 0 Å². The van der Waals surface area contributed by atoms with Crippen molar-refractivity contribution in [3.8, 4) is 0 Å². The number of aryl methyl sites for hydroxylation is 1. The minimum absolute atomic E-state index is 0.139. The zero-order chi connectivity index (χ0) is 29.5. The first-order valence-electron chi connectivity index (χ1n) is 14.8. The second-order valence-corrected chi connectivity index (χ2v) is 11.2. The molecule has 0 spiro atoms. The van der Waals surface area contributed by atoms with E-state index < -0.39 is 0 Å². The summed E-state index contributed by atoms with van der Waals surface area (Å²) in [7, 11) is 0. The van der Waals surface area contributed by atoms with Crippen molar-refractivity contribution in [3.63, 3.8) is 0 Å². The Morgan fingerprint density at radius 2 is 1.60 bits per heavy atom. The predicted octanol–water partition coefficient (Wildman–Crippen LogP) is 8.31. The third kappa shape index (κ3) is 6.83. The van der Waals surface area contributed by atoms with Crippen LogP contribution in [0.3, 0.4) is 0 Å². The first kappa shape index (κ1) is 29.0. The van der Waals surface area contributed by atoms with Crippen LogP contribution in [-0.4, -0.2) is 18.1 Å². The van der Waals surface area contributed by atoms with Gasteiger partial charge in [-0.1, -0.05) is 129 Å². The first-order valence-corrected chi connectivity index (χ1v) is 14.8. The summed E-state index contributed by atoms with van der Waals surface area (Å²) in [6.45, 7) is 12.8. The van der Waals surface area contributed by atoms with Crippen molar-refractivity contribution in [2.24, 2.45) is 21.8 Å². The van der Waals surface area contributed by atoms with E-state index in [1.807, 2.05) is 18.4 Å². The van der Waals surface area contributed by atoms with Crippen molar-refractivity contribution in [1.29, 1.82) is 0 Å². The molecule has 3 aromatic carbocycles. The van der Waals surface area contributed by atoms with Crippen LogP contribution in [0.2, 0.25) is 0 Å². The average Bonchev–Trinajstić information content (AvgIpc) is 3.02. The predicted molar refractivity (Wildman–Crippen MR) is 183 cm³/mol. The van der Waals surface area contributed by atoms with Gasteiger partial charge in [-0.3, -0.25) is 9.98 Å². The topological polar surface area (TPSA) is 24.7 Å². The molecule has 5 rings (SSSR count). The number of aliphatic imine (C=N–C) groups is 2. The molecule has 2 nitrogen and oxygen atoms in total. The minimum atomic E-state index is -0.139. The number of allylic oxidation sites excluding steroid dienone is 8. The molecule has 42 heavy (non-hydrogen) atoms. The molecule has 3 atom stereocenters. The number of fused-ring (bicyclic) bond motifs is 1. The number of hydrogen-bond acceptors (Lipinski definition) is 2. The van der Waals surface area contributed by atoms with Gasteiger partial charge in [0.1, 0.15) is 6.17 Å². The molecule has 2 heteroatoms. The quantitative estimate of drug-likeness (QED) is 0.200. The van der Waals surface area contributed by atoms with Crippen molar-refractivity contribution < 1.29 is 0 Å². The molecule has 0 amide bonds. The Labute approximate surface area is 251 Å². The second kappa shape index (κ2) is 13.4. The third-order valence-electron chi connectivity index (χ3n) is 8.10. The molecule has 2 aliphatic rings. The van der Waals surface area contributed by atoms with E-state index in [2.05, 4.69) is 144 Å². The maximum absolute atomic E-state index is 5.09. The van der Waals surface area contributed by atoms with E-state index in [0.29, 0.717) is 5.92 Å². The van der Waals surface area contributed by atoms with E-state index in [1.54, 1.807) is 0 Å². The maximum atomic E-state index is 5.09. The summed E-state index contributed by atoms with van der Waals surface area (Å²) in [5.74, 6) is 0.573. The van der Waals surface area contributed by atoms with Gasteiger partial charge in [0.05, 0.1) is 0 Å². The molecule has 1 aliphatic carbocycles. The fourth-order valence-corrected chi connectivity index (χ4v) is 5.65. The highest BCUT2D eigenvalue weighted by atomic mass is 15.0. The van der Waals surface area contributed by atoms with Gasteiger partial charge in [-0.2, -0.15) is 0 Å². The Kier molecular flexibility index (Phi) is 9.24. The van der Waals surface area contributed by atoms with E-state index in [9.17, 15) is 0 Å². The molecule has 0 radical (unpaired) electrons. The molecule has 1 heterocycles. The van der Waals surface area contributed by atoms with Crippen LogP contribution in [0.5, 0.6) is 0 Å². The van der Waals surface area contributed by atoms with Crippen LogP contribution >= 0.6 is 0 Å². The van der Waals surface area contributed by atoms with Crippen LogP contribution < -0.4 is 10.4 Å². The van der Waals surface area contributed by atoms with E-state index in [1.165, 1.54) is 38.3 Å². The molecule has 0 aromatic heterocycles. The lowest BCUT2D eigenvalue weighted by atomic mass is 9.87. The monoisotopic (exact) mass is 548 g/mol. The first-order chi connectivity index (χ1) is 20.4. The van der Waals surface area contributed by atoms with Gasteiger partial charge in [-0.25, -0.2) is 0 Å². The van der Waals surface area contributed by atoms with Crippen molar-refractivity contribution in [2.45, 2.75) is 40.3 Å². The van der Waals surface area contributed by atoms with Crippen LogP contribution in [-0.2, 0) is 0 Å². The van der Waals surface area contributed by atoms with Crippen LogP contribution in [0.4, 0.5) is 0 Å². The van der Waals surface area contributed by atoms with Gasteiger partial charge in [0.15, 0.2) is 0 Å². The highest BCUT2D eigenvalue weighted by Gasteiger charge is 2.21. The molecule has 210 valence electrons. The van der Waals surface area contributed by atoms with E-state index in [0.717, 1.165) is 23.3 Å². The van der Waals surface area contributed by atoms with Crippen LogP contribution in [0.25, 0.3) is 23.3 Å². The number of dihydropyridines is 1. The molecule has 0 saturated carbocycles. The lowest BCUT2D eigenvalue weighted by molar-refractivity contribution is 0.552. The van der Waals surface area contributed by atoms with E-state index in [-0.39, 0.29) is 12.1 Å². The summed E-state index contributed by atoms with van der Waals surface area (Å²) in [5, 5.41) is 2.63. The molecular weight excluding hydrogens is 508 g/mol. The fraction of sp³-hybridized carbons (Fsp3) is 0.200. The fourth-order valence-electron chi connectivity index (χ4n) is 5.65. The van der Waals surface area contributed by atoms with E-state index in [4.69, 9.17) is 9.98 Å². The van der Waals surface area contributed by atoms with Gasteiger partial charge in [0.2, 0.25) is 0 Å². The standard InChI is InChI=1S/C40H40N2/c1-6-32(21-20-28(2)33-15-8-7-9-16-33)39(38-19-13-10-14-29(38)3)25-31(5)42-40-30(4)24-37(27-41-40)36-23-22-34-17-11-12-18-35(34)26-36/h6-22,24-27,30,36,40H,1,23H2,2-5H3/b28-20+,32-21+,39-25-,42-31+. The van der Waals surface area contributed by atoms with E-state index >= 15 is 0 Å². The Balaban J connectivity index is 1.43. The third-order valence-corrected chi connectivity index (χ3v) is 8.10. The maximum Gasteiger partial charge on any atom is 0.145 e. The van der Waals surface area contributed by atoms with Crippen LogP contribution in [0, 0.1) is 18.8 Å². The summed E-state index contributed by atoms with van der Waals surface area (Å²) in [4.78, 5) is 10.0. The van der Waals surface area contributed by atoms with Crippen molar-refractivity contribution in [2.75, 3.05) is 0 Å². The Morgan fingerprint density at radius 1 is 0.881 bits per heavy atom. The minimum Gasteiger partial charge on any atom is -0.266 e. The Bertz CT molecular complexity index is 1760. The number of rotatable bonds is 8. The lowest BCUT2D eigenvalue weighted by Gasteiger charge is -2.24. The largest absolute Gasteiger partial charge is 0.266 e. The van der Waals surface area contributed by atoms with Gasteiger partial charge in [-0.05, 0) is 82.7 Å². The van der Waals surface area contributed by atoms with Gasteiger partial charge in [0.25, 0.3) is 0 Å². The van der Waals surface area contributed by atoms with Gasteiger partial charge in [-0.15, -0.1) is 0 Å². The second-order valence-electron chi connectivity index (χ2n) is 11.2. The zero-order valence-electron chi connectivity index (χ0n) is 25.2. The van der Waals surface area contributed by atoms with Crippen molar-refractivity contribution in [3.05, 3.63) is 154 Å². The molecule has 1 aliphatic heterocycles. The Morgan fingerprint density at radius 3 is 2.33 bits per heavy atom. The molecule has 0 bridgehead atoms. The average molecular weight is 549 g/mol. The highest BCUT2D eigenvalue weighted by molar-refractivity contribution is 6.03. The number of benzene rings is 3. The highest BCUT2D eigenvalue weighted by Crippen LogP contribution is 2.29. The van der Waals surface area contributed by atoms with Crippen LogP contribution in [0.1, 0.15) is 43.9 Å². The molecule has 3 aromatic rings. The molecular formula is C40H40N2. The SMILES string of the molecule is C=CC(=C\C=C(/C)c1ccccc1)/C(=C/C(C)=N/C1N=CC(C2C=c3ccccc3=CC2)=CC1C)c1ccccc1C. The van der Waals surface area contributed by atoms with Crippen molar-refractivity contribution in [1.82, 2.24) is 0 Å². The van der Waals surface area contributed by atoms with Crippen LogP contribution in [0.15, 0.2) is 137 Å². The Hall–Kier alpha value is -4.56. The van der Waals surface area contributed by atoms with Crippen molar-refractivity contribution >= 4 is 35.2 Å². The summed E-state index contributed by atoms with van der Waals surface area (Å²) in [6.07, 6.45) is 18.4. The molecule has 0 N–H and O–H groups in total. The number of hydrogen-bond donors (Lipinski definition) is 0. The molecule has 0 saturated heterocycles. The zero-order valence-corrected chi connectivity index (χ0v) is 25.2. The lowest BCUT2D eigenvalue weighted by Crippen LogP contribution is -2.30. The normalized spacial score (nSPS) is 21.1. The molecule has 0 fully saturated rings. The smallest absolute Gasteiger partial charge is 0.145 e. The summed E-state index contributed by atoms with van der Waals surface area (Å²) >= 11 is 0. The summed E-state index contributed by atoms with van der Waals surface area (Å²) < 4.78 is 0. The summed E-state index contributed by atoms with van der Waals surface area (Å²) in [6, 6.07) is 27.5. The summed E-state index contributed by atoms with van der Waals surface area (Å²) in [5.41, 5.74) is 9.20.